The number of benzene rings is 1. The summed E-state index contributed by atoms with van der Waals surface area (Å²) in [6.07, 6.45) is 0.548. The maximum atomic E-state index is 11.3. The summed E-state index contributed by atoms with van der Waals surface area (Å²) in [6.45, 7) is 2.21. The molecule has 5 nitrogen and oxygen atoms in total. The lowest BCUT2D eigenvalue weighted by atomic mass is 10.1. The lowest BCUT2D eigenvalue weighted by Gasteiger charge is -2.10. The van der Waals surface area contributed by atoms with Gasteiger partial charge in [0.1, 0.15) is 0 Å². The van der Waals surface area contributed by atoms with Crippen LogP contribution in [0.2, 0.25) is 0 Å². The van der Waals surface area contributed by atoms with E-state index in [9.17, 15) is 14.4 Å². The number of urea groups is 1. The summed E-state index contributed by atoms with van der Waals surface area (Å²) in [5.41, 5.74) is 2.18. The Morgan fingerprint density at radius 3 is 2.29 bits per heavy atom. The summed E-state index contributed by atoms with van der Waals surface area (Å²) < 4.78 is 0. The lowest BCUT2D eigenvalue weighted by Crippen LogP contribution is -2.32. The molecule has 0 spiro atoms. The molecule has 17 heavy (non-hydrogen) atoms. The van der Waals surface area contributed by atoms with Crippen LogP contribution >= 0.6 is 0 Å². The molecule has 1 aliphatic rings. The number of nitrogens with one attached hydrogen (secondary N) is 1. The topological polar surface area (TPSA) is 66.5 Å². The predicted molar refractivity (Wildman–Crippen MR) is 60.1 cm³/mol. The molecule has 0 bridgehead atoms. The predicted octanol–water partition coefficient (Wildman–Crippen LogP) is 0.616. The number of hydrogen-bond donors (Lipinski definition) is 1. The monoisotopic (exact) mass is 232 g/mol. The van der Waals surface area contributed by atoms with Crippen molar-refractivity contribution in [3.8, 4) is 0 Å². The molecule has 0 unspecified atom stereocenters. The van der Waals surface area contributed by atoms with Crippen LogP contribution in [0.1, 0.15) is 11.1 Å². The second-order valence-electron chi connectivity index (χ2n) is 3.95. The first kappa shape index (κ1) is 11.3. The number of aryl methyl sites for hydroxylation is 1. The minimum Gasteiger partial charge on any atom is -0.269 e. The van der Waals surface area contributed by atoms with Crippen molar-refractivity contribution in [3.05, 3.63) is 35.4 Å². The molecule has 0 saturated carbocycles. The summed E-state index contributed by atoms with van der Waals surface area (Å²) in [6, 6.07) is 7.18. The third kappa shape index (κ3) is 2.33. The van der Waals surface area contributed by atoms with Gasteiger partial charge in [-0.2, -0.15) is 0 Å². The Bertz CT molecular complexity index is 479. The first-order valence-corrected chi connectivity index (χ1v) is 5.30. The molecule has 1 aliphatic heterocycles. The zero-order valence-electron chi connectivity index (χ0n) is 9.40. The van der Waals surface area contributed by atoms with Gasteiger partial charge in [0.05, 0.1) is 0 Å². The Morgan fingerprint density at radius 2 is 1.76 bits per heavy atom. The zero-order chi connectivity index (χ0) is 12.4. The van der Waals surface area contributed by atoms with Crippen LogP contribution in [0.25, 0.3) is 0 Å². The molecule has 0 aromatic heterocycles. The van der Waals surface area contributed by atoms with E-state index < -0.39 is 17.8 Å². The Labute approximate surface area is 98.4 Å². The molecule has 88 valence electrons. The molecule has 0 radical (unpaired) electrons. The average molecular weight is 232 g/mol. The number of carbonyl (C=O) groups excluding carboxylic acids is 3. The van der Waals surface area contributed by atoms with Crippen molar-refractivity contribution < 1.29 is 14.4 Å². The van der Waals surface area contributed by atoms with Crippen molar-refractivity contribution in [3.63, 3.8) is 0 Å². The van der Waals surface area contributed by atoms with Crippen LogP contribution in [0.15, 0.2) is 24.3 Å². The van der Waals surface area contributed by atoms with E-state index in [-0.39, 0.29) is 6.54 Å². The Hall–Kier alpha value is -2.17. The third-order valence-corrected chi connectivity index (χ3v) is 2.65. The number of amides is 4. The zero-order valence-corrected chi connectivity index (χ0v) is 9.40. The fourth-order valence-corrected chi connectivity index (χ4v) is 1.63. The summed E-state index contributed by atoms with van der Waals surface area (Å²) >= 11 is 0. The SMILES string of the molecule is Cc1ccc(CCN2C(=O)NC(=O)C2=O)cc1. The van der Waals surface area contributed by atoms with Gasteiger partial charge in [-0.3, -0.25) is 19.8 Å². The van der Waals surface area contributed by atoms with E-state index in [1.807, 2.05) is 36.5 Å². The van der Waals surface area contributed by atoms with Gasteiger partial charge in [0.2, 0.25) is 0 Å². The van der Waals surface area contributed by atoms with Crippen LogP contribution in [-0.2, 0) is 16.0 Å². The highest BCUT2D eigenvalue weighted by molar-refractivity contribution is 6.44. The van der Waals surface area contributed by atoms with Crippen molar-refractivity contribution in [2.75, 3.05) is 6.54 Å². The van der Waals surface area contributed by atoms with Gasteiger partial charge in [-0.15, -0.1) is 0 Å². The largest absolute Gasteiger partial charge is 0.331 e. The maximum Gasteiger partial charge on any atom is 0.331 e. The molecule has 1 fully saturated rings. The van der Waals surface area contributed by atoms with Gasteiger partial charge in [-0.05, 0) is 18.9 Å². The second kappa shape index (κ2) is 4.37. The number of nitrogens with zero attached hydrogens (tertiary/aromatic N) is 1. The molecular formula is C12H12N2O3. The molecule has 1 aromatic carbocycles. The van der Waals surface area contributed by atoms with Crippen molar-refractivity contribution >= 4 is 17.8 Å². The molecule has 2 rings (SSSR count). The molecule has 0 atom stereocenters. The van der Waals surface area contributed by atoms with Gasteiger partial charge in [-0.1, -0.05) is 29.8 Å². The second-order valence-corrected chi connectivity index (χ2v) is 3.95. The minimum atomic E-state index is -0.848. The number of carbonyl (C=O) groups is 3. The van der Waals surface area contributed by atoms with E-state index in [1.54, 1.807) is 0 Å². The minimum absolute atomic E-state index is 0.222. The fraction of sp³-hybridized carbons (Fsp3) is 0.250. The van der Waals surface area contributed by atoms with Gasteiger partial charge in [-0.25, -0.2) is 4.79 Å². The van der Waals surface area contributed by atoms with Crippen molar-refractivity contribution in [2.24, 2.45) is 0 Å². The first-order chi connectivity index (χ1) is 8.08. The molecular weight excluding hydrogens is 220 g/mol. The third-order valence-electron chi connectivity index (χ3n) is 2.65. The summed E-state index contributed by atoms with van der Waals surface area (Å²) in [5, 5.41) is 1.96. The quantitative estimate of drug-likeness (QED) is 0.613. The summed E-state index contributed by atoms with van der Waals surface area (Å²) in [4.78, 5) is 34.4. The smallest absolute Gasteiger partial charge is 0.269 e. The molecule has 5 heteroatoms. The highest BCUT2D eigenvalue weighted by Crippen LogP contribution is 2.07. The fourth-order valence-electron chi connectivity index (χ4n) is 1.63. The molecule has 0 aliphatic carbocycles. The van der Waals surface area contributed by atoms with Crippen molar-refractivity contribution in [1.29, 1.82) is 0 Å². The van der Waals surface area contributed by atoms with Gasteiger partial charge >= 0.3 is 17.8 Å². The normalized spacial score (nSPS) is 15.4. The Kier molecular flexibility index (Phi) is 2.91. The van der Waals surface area contributed by atoms with E-state index in [1.165, 1.54) is 0 Å². The van der Waals surface area contributed by atoms with Crippen molar-refractivity contribution in [1.82, 2.24) is 10.2 Å². The number of hydrogen-bond acceptors (Lipinski definition) is 3. The summed E-state index contributed by atoms with van der Waals surface area (Å²) in [7, 11) is 0. The van der Waals surface area contributed by atoms with Gasteiger partial charge in [0.25, 0.3) is 0 Å². The Morgan fingerprint density at radius 1 is 1.12 bits per heavy atom. The van der Waals surface area contributed by atoms with E-state index in [2.05, 4.69) is 0 Å². The molecule has 1 heterocycles. The molecule has 1 N–H and O–H groups in total. The van der Waals surface area contributed by atoms with Gasteiger partial charge in [0.15, 0.2) is 0 Å². The first-order valence-electron chi connectivity index (χ1n) is 5.30. The highest BCUT2D eigenvalue weighted by atomic mass is 16.2. The standard InChI is InChI=1S/C12H12N2O3/c1-8-2-4-9(5-3-8)6-7-14-11(16)10(15)13-12(14)17/h2-5H,6-7H2,1H3,(H,13,15,17). The molecule has 1 aromatic rings. The van der Waals surface area contributed by atoms with Crippen LogP contribution in [0.5, 0.6) is 0 Å². The van der Waals surface area contributed by atoms with Crippen molar-refractivity contribution in [2.45, 2.75) is 13.3 Å². The van der Waals surface area contributed by atoms with E-state index >= 15 is 0 Å². The van der Waals surface area contributed by atoms with Crippen LogP contribution in [-0.4, -0.2) is 29.3 Å². The van der Waals surface area contributed by atoms with Gasteiger partial charge < -0.3 is 0 Å². The average Bonchev–Trinajstić information content (AvgIpc) is 2.54. The summed E-state index contributed by atoms with van der Waals surface area (Å²) in [5.74, 6) is -1.62. The van der Waals surface area contributed by atoms with E-state index in [0.29, 0.717) is 6.42 Å². The van der Waals surface area contributed by atoms with E-state index in [0.717, 1.165) is 16.0 Å². The highest BCUT2D eigenvalue weighted by Gasteiger charge is 2.36. The molecule has 4 amide bonds. The van der Waals surface area contributed by atoms with E-state index in [4.69, 9.17) is 0 Å². The van der Waals surface area contributed by atoms with Crippen LogP contribution in [0, 0.1) is 6.92 Å². The van der Waals surface area contributed by atoms with Gasteiger partial charge in [0, 0.05) is 6.54 Å². The van der Waals surface area contributed by atoms with Crippen LogP contribution < -0.4 is 5.32 Å². The number of rotatable bonds is 3. The van der Waals surface area contributed by atoms with Crippen LogP contribution in [0.4, 0.5) is 4.79 Å². The van der Waals surface area contributed by atoms with Crippen LogP contribution in [0.3, 0.4) is 0 Å². The molecule has 1 saturated heterocycles. The lowest BCUT2D eigenvalue weighted by molar-refractivity contribution is -0.140. The maximum absolute atomic E-state index is 11.3. The Balaban J connectivity index is 1.99. The number of imide groups is 2.